The molecular weight excluding hydrogens is 347 g/mol. The lowest BCUT2D eigenvalue weighted by Crippen LogP contribution is -2.47. The molecule has 0 atom stereocenters. The number of benzene rings is 1. The lowest BCUT2D eigenvalue weighted by Gasteiger charge is -2.37. The highest BCUT2D eigenvalue weighted by molar-refractivity contribution is 7.71. The fraction of sp³-hybridized carbons (Fsp3) is 0.400. The van der Waals surface area contributed by atoms with Crippen LogP contribution in [-0.4, -0.2) is 35.6 Å². The van der Waals surface area contributed by atoms with Gasteiger partial charge in [-0.25, -0.2) is 4.39 Å². The van der Waals surface area contributed by atoms with Crippen molar-refractivity contribution in [2.75, 3.05) is 31.1 Å². The van der Waals surface area contributed by atoms with Crippen molar-refractivity contribution in [1.29, 1.82) is 5.26 Å². The highest BCUT2D eigenvalue weighted by Crippen LogP contribution is 2.21. The van der Waals surface area contributed by atoms with Gasteiger partial charge in [0.15, 0.2) is 0 Å². The Labute approximate surface area is 159 Å². The van der Waals surface area contributed by atoms with E-state index < -0.39 is 0 Å². The number of piperazine rings is 1. The zero-order valence-corrected chi connectivity index (χ0v) is 16.2. The van der Waals surface area contributed by atoms with Gasteiger partial charge in [-0.1, -0.05) is 12.2 Å². The summed E-state index contributed by atoms with van der Waals surface area (Å²) >= 11 is 5.57. The van der Waals surface area contributed by atoms with Gasteiger partial charge in [0.1, 0.15) is 16.5 Å². The summed E-state index contributed by atoms with van der Waals surface area (Å²) in [6.07, 6.45) is 0. The van der Waals surface area contributed by atoms with Crippen LogP contribution in [0, 0.1) is 42.6 Å². The van der Waals surface area contributed by atoms with Gasteiger partial charge >= 0.3 is 0 Å². The molecule has 3 rings (SSSR count). The Kier molecular flexibility index (Phi) is 5.40. The summed E-state index contributed by atoms with van der Waals surface area (Å²) in [5.41, 5.74) is 4.88. The minimum absolute atomic E-state index is 0.208. The fourth-order valence-corrected chi connectivity index (χ4v) is 3.80. The summed E-state index contributed by atoms with van der Waals surface area (Å²) in [7, 11) is 0. The van der Waals surface area contributed by atoms with Crippen LogP contribution in [0.2, 0.25) is 0 Å². The minimum atomic E-state index is -0.208. The molecule has 1 aromatic heterocycles. The Bertz CT molecular complexity index is 903. The molecule has 1 fully saturated rings. The molecule has 1 aromatic carbocycles. The molecule has 2 aromatic rings. The first kappa shape index (κ1) is 18.6. The summed E-state index contributed by atoms with van der Waals surface area (Å²) in [5, 5.41) is 9.45. The first-order valence-electron chi connectivity index (χ1n) is 8.76. The Morgan fingerprint density at radius 3 is 2.23 bits per heavy atom. The van der Waals surface area contributed by atoms with Gasteiger partial charge in [-0.05, 0) is 56.2 Å². The average Bonchev–Trinajstić information content (AvgIpc) is 2.65. The number of nitriles is 1. The van der Waals surface area contributed by atoms with E-state index in [4.69, 9.17) is 12.2 Å². The molecule has 0 saturated carbocycles. The Balaban J connectivity index is 1.74. The number of rotatable bonds is 3. The monoisotopic (exact) mass is 370 g/mol. The summed E-state index contributed by atoms with van der Waals surface area (Å²) in [6.45, 7) is 10.3. The van der Waals surface area contributed by atoms with Gasteiger partial charge in [0, 0.05) is 37.6 Å². The van der Waals surface area contributed by atoms with Crippen LogP contribution in [-0.2, 0) is 6.67 Å². The van der Waals surface area contributed by atoms with Crippen molar-refractivity contribution in [2.45, 2.75) is 27.4 Å². The molecule has 1 saturated heterocycles. The van der Waals surface area contributed by atoms with Gasteiger partial charge in [0.05, 0.1) is 12.2 Å². The highest BCUT2D eigenvalue weighted by Gasteiger charge is 2.19. The SMILES string of the molecule is Cc1c(C)c(C)n(CN2CCN(c3ccc(F)cc3)CC2)c(=S)c1C#N. The second kappa shape index (κ2) is 7.56. The smallest absolute Gasteiger partial charge is 0.125 e. The van der Waals surface area contributed by atoms with Crippen molar-refractivity contribution >= 4 is 17.9 Å². The topological polar surface area (TPSA) is 35.2 Å². The molecule has 0 bridgehead atoms. The first-order chi connectivity index (χ1) is 12.4. The predicted molar refractivity (Wildman–Crippen MR) is 104 cm³/mol. The van der Waals surface area contributed by atoms with Crippen molar-refractivity contribution in [3.05, 3.63) is 57.1 Å². The van der Waals surface area contributed by atoms with Crippen LogP contribution in [0.25, 0.3) is 0 Å². The lowest BCUT2D eigenvalue weighted by molar-refractivity contribution is 0.202. The van der Waals surface area contributed by atoms with Gasteiger partial charge in [-0.15, -0.1) is 0 Å². The number of hydrogen-bond donors (Lipinski definition) is 0. The predicted octanol–water partition coefficient (Wildman–Crippen LogP) is 3.93. The van der Waals surface area contributed by atoms with Crippen LogP contribution in [0.1, 0.15) is 22.4 Å². The van der Waals surface area contributed by atoms with E-state index >= 15 is 0 Å². The van der Waals surface area contributed by atoms with E-state index in [0.29, 0.717) is 16.9 Å². The van der Waals surface area contributed by atoms with Gasteiger partial charge < -0.3 is 9.47 Å². The van der Waals surface area contributed by atoms with E-state index in [1.807, 2.05) is 26.0 Å². The number of aromatic nitrogens is 1. The van der Waals surface area contributed by atoms with E-state index in [-0.39, 0.29) is 5.82 Å². The van der Waals surface area contributed by atoms with E-state index in [1.165, 1.54) is 12.1 Å². The molecule has 6 heteroatoms. The van der Waals surface area contributed by atoms with E-state index in [1.54, 1.807) is 0 Å². The van der Waals surface area contributed by atoms with E-state index in [0.717, 1.165) is 48.7 Å². The molecule has 136 valence electrons. The van der Waals surface area contributed by atoms with Gasteiger partial charge in [-0.3, -0.25) is 4.90 Å². The third-order valence-electron chi connectivity index (χ3n) is 5.36. The van der Waals surface area contributed by atoms with Crippen molar-refractivity contribution in [1.82, 2.24) is 9.47 Å². The third kappa shape index (κ3) is 3.50. The summed E-state index contributed by atoms with van der Waals surface area (Å²) in [4.78, 5) is 4.61. The Morgan fingerprint density at radius 2 is 1.65 bits per heavy atom. The maximum absolute atomic E-state index is 13.1. The van der Waals surface area contributed by atoms with E-state index in [2.05, 4.69) is 27.4 Å². The van der Waals surface area contributed by atoms with Crippen LogP contribution in [0.3, 0.4) is 0 Å². The summed E-state index contributed by atoms with van der Waals surface area (Å²) in [5.74, 6) is -0.208. The number of anilines is 1. The normalized spacial score (nSPS) is 15.1. The zero-order valence-electron chi connectivity index (χ0n) is 15.4. The molecule has 0 aliphatic carbocycles. The molecule has 2 heterocycles. The first-order valence-corrected chi connectivity index (χ1v) is 9.16. The maximum atomic E-state index is 13.1. The van der Waals surface area contributed by atoms with Crippen molar-refractivity contribution in [3.63, 3.8) is 0 Å². The summed E-state index contributed by atoms with van der Waals surface area (Å²) < 4.78 is 15.8. The van der Waals surface area contributed by atoms with E-state index in [9.17, 15) is 9.65 Å². The number of pyridine rings is 1. The fourth-order valence-electron chi connectivity index (χ4n) is 3.41. The second-order valence-corrected chi connectivity index (χ2v) is 7.17. The maximum Gasteiger partial charge on any atom is 0.125 e. The molecule has 1 aliphatic heterocycles. The van der Waals surface area contributed by atoms with Crippen LogP contribution in [0.15, 0.2) is 24.3 Å². The standard InChI is InChI=1S/C20H23FN4S/c1-14-15(2)19(12-22)20(26)25(16(14)3)13-23-8-10-24(11-9-23)18-6-4-17(21)5-7-18/h4-7H,8-11,13H2,1-3H3. The third-order valence-corrected chi connectivity index (χ3v) is 5.79. The Morgan fingerprint density at radius 1 is 1.04 bits per heavy atom. The van der Waals surface area contributed by atoms with Crippen LogP contribution in [0.5, 0.6) is 0 Å². The molecule has 0 N–H and O–H groups in total. The number of halogens is 1. The molecule has 0 spiro atoms. The van der Waals surface area contributed by atoms with Crippen LogP contribution >= 0.6 is 12.2 Å². The van der Waals surface area contributed by atoms with Gasteiger partial charge in [-0.2, -0.15) is 5.26 Å². The molecule has 0 radical (unpaired) electrons. The van der Waals surface area contributed by atoms with Crippen molar-refractivity contribution in [2.24, 2.45) is 0 Å². The molecule has 0 amide bonds. The molecule has 0 unspecified atom stereocenters. The quantitative estimate of drug-likeness (QED) is 0.767. The molecule has 1 aliphatic rings. The molecule has 26 heavy (non-hydrogen) atoms. The van der Waals surface area contributed by atoms with Crippen molar-refractivity contribution in [3.8, 4) is 6.07 Å². The molecule has 4 nitrogen and oxygen atoms in total. The Hall–Kier alpha value is -2.23. The highest BCUT2D eigenvalue weighted by atomic mass is 32.1. The molecular formula is C20H23FN4S. The van der Waals surface area contributed by atoms with Gasteiger partial charge in [0.25, 0.3) is 0 Å². The lowest BCUT2D eigenvalue weighted by atomic mass is 10.0. The van der Waals surface area contributed by atoms with Crippen LogP contribution < -0.4 is 4.90 Å². The van der Waals surface area contributed by atoms with Crippen molar-refractivity contribution < 1.29 is 4.39 Å². The number of nitrogens with zero attached hydrogens (tertiary/aromatic N) is 4. The summed E-state index contributed by atoms with van der Waals surface area (Å²) in [6, 6.07) is 8.92. The van der Waals surface area contributed by atoms with Gasteiger partial charge in [0.2, 0.25) is 0 Å². The zero-order chi connectivity index (χ0) is 18.8. The average molecular weight is 370 g/mol. The largest absolute Gasteiger partial charge is 0.369 e. The van der Waals surface area contributed by atoms with Crippen LogP contribution in [0.4, 0.5) is 10.1 Å². The second-order valence-electron chi connectivity index (χ2n) is 6.78. The minimum Gasteiger partial charge on any atom is -0.369 e. The number of hydrogen-bond acceptors (Lipinski definition) is 4.